The van der Waals surface area contributed by atoms with Crippen LogP contribution in [-0.4, -0.2) is 17.3 Å². The molecule has 0 N–H and O–H groups in total. The van der Waals surface area contributed by atoms with Gasteiger partial charge in [-0.25, -0.2) is 4.39 Å². The van der Waals surface area contributed by atoms with Gasteiger partial charge in [-0.15, -0.1) is 0 Å². The van der Waals surface area contributed by atoms with E-state index in [2.05, 4.69) is 0 Å². The van der Waals surface area contributed by atoms with Crippen molar-refractivity contribution in [1.29, 1.82) is 0 Å². The fraction of sp³-hybridized carbons (Fsp3) is 0.571. The first-order valence-electron chi connectivity index (χ1n) is 9.47. The van der Waals surface area contributed by atoms with Gasteiger partial charge in [-0.1, -0.05) is 44.2 Å². The second kappa shape index (κ2) is 6.47. The van der Waals surface area contributed by atoms with E-state index in [0.29, 0.717) is 11.8 Å². The average molecular weight is 342 g/mol. The number of hydrogen-bond acceptors (Lipinski definition) is 3. The van der Waals surface area contributed by atoms with Gasteiger partial charge < -0.3 is 0 Å². The maximum Gasteiger partial charge on any atom is 0.177 e. The maximum absolute atomic E-state index is 13.9. The molecular formula is C21H23FO3. The summed E-state index contributed by atoms with van der Waals surface area (Å²) in [4.78, 5) is 38.0. The van der Waals surface area contributed by atoms with E-state index >= 15 is 0 Å². The van der Waals surface area contributed by atoms with Gasteiger partial charge in [-0.3, -0.25) is 14.4 Å². The lowest BCUT2D eigenvalue weighted by Crippen LogP contribution is -2.37. The van der Waals surface area contributed by atoms with Gasteiger partial charge in [0.25, 0.3) is 0 Å². The third-order valence-corrected chi connectivity index (χ3v) is 6.55. The Balaban J connectivity index is 1.52. The van der Waals surface area contributed by atoms with Gasteiger partial charge in [0.2, 0.25) is 0 Å². The molecule has 4 atom stereocenters. The summed E-state index contributed by atoms with van der Waals surface area (Å²) >= 11 is 0. The van der Waals surface area contributed by atoms with Crippen molar-refractivity contribution in [3.63, 3.8) is 0 Å². The molecule has 25 heavy (non-hydrogen) atoms. The molecule has 4 unspecified atom stereocenters. The second-order valence-electron chi connectivity index (χ2n) is 7.86. The topological polar surface area (TPSA) is 51.2 Å². The van der Waals surface area contributed by atoms with Crippen molar-refractivity contribution >= 4 is 17.3 Å². The zero-order chi connectivity index (χ0) is 17.6. The van der Waals surface area contributed by atoms with Gasteiger partial charge in [-0.05, 0) is 30.7 Å². The van der Waals surface area contributed by atoms with Crippen molar-refractivity contribution in [3.05, 3.63) is 35.1 Å². The Bertz CT molecular complexity index is 737. The number of rotatable bonds is 3. The SMILES string of the molecule is O=C1c2cccc(F)c2C(=O)C1CC(=O)C1CCCC2CCCCC21. The monoisotopic (exact) mass is 342 g/mol. The van der Waals surface area contributed by atoms with Crippen molar-refractivity contribution in [3.8, 4) is 0 Å². The average Bonchev–Trinajstić information content (AvgIpc) is 2.87. The van der Waals surface area contributed by atoms with Crippen LogP contribution in [0.4, 0.5) is 4.39 Å². The number of ketones is 3. The predicted octanol–water partition coefficient (Wildman–Crippen LogP) is 4.39. The number of halogens is 1. The summed E-state index contributed by atoms with van der Waals surface area (Å²) in [6.07, 6.45) is 7.77. The van der Waals surface area contributed by atoms with Crippen LogP contribution in [0, 0.1) is 29.5 Å². The van der Waals surface area contributed by atoms with E-state index < -0.39 is 17.5 Å². The lowest BCUT2D eigenvalue weighted by molar-refractivity contribution is -0.127. The number of fused-ring (bicyclic) bond motifs is 2. The highest BCUT2D eigenvalue weighted by Gasteiger charge is 2.44. The van der Waals surface area contributed by atoms with Crippen LogP contribution >= 0.6 is 0 Å². The van der Waals surface area contributed by atoms with E-state index in [0.717, 1.165) is 19.3 Å². The van der Waals surface area contributed by atoms with E-state index in [1.54, 1.807) is 0 Å². The fourth-order valence-electron chi connectivity index (χ4n) is 5.34. The summed E-state index contributed by atoms with van der Waals surface area (Å²) in [6.45, 7) is 0. The van der Waals surface area contributed by atoms with Crippen LogP contribution in [0.5, 0.6) is 0 Å². The molecule has 4 rings (SSSR count). The minimum Gasteiger partial charge on any atom is -0.299 e. The Labute approximate surface area is 147 Å². The highest BCUT2D eigenvalue weighted by Crippen LogP contribution is 2.45. The molecule has 0 saturated heterocycles. The highest BCUT2D eigenvalue weighted by atomic mass is 19.1. The summed E-state index contributed by atoms with van der Waals surface area (Å²) in [6, 6.07) is 4.13. The quantitative estimate of drug-likeness (QED) is 0.766. The van der Waals surface area contributed by atoms with Crippen LogP contribution in [0.15, 0.2) is 18.2 Å². The molecule has 0 aromatic heterocycles. The van der Waals surface area contributed by atoms with Gasteiger partial charge in [0.05, 0.1) is 11.5 Å². The number of carbonyl (C=O) groups is 3. The van der Waals surface area contributed by atoms with Gasteiger partial charge in [0, 0.05) is 17.9 Å². The van der Waals surface area contributed by atoms with Gasteiger partial charge in [0.15, 0.2) is 11.6 Å². The third kappa shape index (κ3) is 2.76. The Morgan fingerprint density at radius 1 is 1.00 bits per heavy atom. The number of Topliss-reactive ketones (excluding diaryl/α,β-unsaturated/α-hetero) is 3. The zero-order valence-electron chi connectivity index (χ0n) is 14.3. The van der Waals surface area contributed by atoms with Crippen molar-refractivity contribution in [2.45, 2.75) is 51.4 Å². The van der Waals surface area contributed by atoms with Crippen LogP contribution < -0.4 is 0 Å². The molecule has 132 valence electrons. The van der Waals surface area contributed by atoms with Gasteiger partial charge in [-0.2, -0.15) is 0 Å². The molecule has 0 amide bonds. The third-order valence-electron chi connectivity index (χ3n) is 6.55. The summed E-state index contributed by atoms with van der Waals surface area (Å²) in [7, 11) is 0. The molecule has 0 heterocycles. The smallest absolute Gasteiger partial charge is 0.177 e. The Morgan fingerprint density at radius 2 is 1.76 bits per heavy atom. The first-order chi connectivity index (χ1) is 12.1. The Kier molecular flexibility index (Phi) is 4.30. The molecule has 4 heteroatoms. The van der Waals surface area contributed by atoms with E-state index in [1.807, 2.05) is 0 Å². The molecular weight excluding hydrogens is 319 g/mol. The Hall–Kier alpha value is -1.84. The van der Waals surface area contributed by atoms with E-state index in [-0.39, 0.29) is 35.0 Å². The fourth-order valence-corrected chi connectivity index (χ4v) is 5.34. The van der Waals surface area contributed by atoms with Crippen LogP contribution in [-0.2, 0) is 4.79 Å². The van der Waals surface area contributed by atoms with Crippen molar-refractivity contribution in [2.24, 2.45) is 23.7 Å². The van der Waals surface area contributed by atoms with E-state index in [9.17, 15) is 18.8 Å². The summed E-state index contributed by atoms with van der Waals surface area (Å²) in [5, 5.41) is 0. The summed E-state index contributed by atoms with van der Waals surface area (Å²) in [5.74, 6) is -1.50. The molecule has 0 spiro atoms. The first-order valence-corrected chi connectivity index (χ1v) is 9.47. The maximum atomic E-state index is 13.9. The normalized spacial score (nSPS) is 31.6. The predicted molar refractivity (Wildman–Crippen MR) is 91.0 cm³/mol. The van der Waals surface area contributed by atoms with Crippen molar-refractivity contribution in [2.75, 3.05) is 0 Å². The van der Waals surface area contributed by atoms with Crippen LogP contribution in [0.1, 0.15) is 72.1 Å². The molecule has 1 aromatic rings. The van der Waals surface area contributed by atoms with Crippen LogP contribution in [0.3, 0.4) is 0 Å². The van der Waals surface area contributed by atoms with Gasteiger partial charge >= 0.3 is 0 Å². The molecule has 0 radical (unpaired) electrons. The van der Waals surface area contributed by atoms with Gasteiger partial charge in [0.1, 0.15) is 11.6 Å². The molecule has 0 bridgehead atoms. The molecule has 1 aromatic carbocycles. The minimum absolute atomic E-state index is 0.0202. The number of benzene rings is 1. The number of hydrogen-bond donors (Lipinski definition) is 0. The van der Waals surface area contributed by atoms with Crippen LogP contribution in [0.25, 0.3) is 0 Å². The molecule has 2 fully saturated rings. The number of carbonyl (C=O) groups excluding carboxylic acids is 3. The van der Waals surface area contributed by atoms with Crippen molar-refractivity contribution in [1.82, 2.24) is 0 Å². The summed E-state index contributed by atoms with van der Waals surface area (Å²) in [5.41, 5.74) is 0.0199. The lowest BCUT2D eigenvalue weighted by atomic mass is 9.63. The second-order valence-corrected chi connectivity index (χ2v) is 7.86. The summed E-state index contributed by atoms with van der Waals surface area (Å²) < 4.78 is 13.9. The lowest BCUT2D eigenvalue weighted by Gasteiger charge is -2.40. The van der Waals surface area contributed by atoms with Crippen molar-refractivity contribution < 1.29 is 18.8 Å². The Morgan fingerprint density at radius 3 is 2.56 bits per heavy atom. The standard InChI is InChI=1S/C21H23FO3/c22-17-10-4-9-15-19(17)21(25)16(20(15)24)11-18(23)14-8-3-6-12-5-1-2-7-13(12)14/h4,9-10,12-14,16H,1-3,5-8,11H2. The molecule has 3 aliphatic carbocycles. The highest BCUT2D eigenvalue weighted by molar-refractivity contribution is 6.27. The zero-order valence-corrected chi connectivity index (χ0v) is 14.3. The molecule has 3 aliphatic rings. The minimum atomic E-state index is -1.01. The van der Waals surface area contributed by atoms with E-state index in [1.165, 1.54) is 43.9 Å². The largest absolute Gasteiger partial charge is 0.299 e. The van der Waals surface area contributed by atoms with E-state index in [4.69, 9.17) is 0 Å². The first kappa shape index (κ1) is 16.6. The molecule has 0 aliphatic heterocycles. The molecule has 3 nitrogen and oxygen atoms in total. The molecule has 2 saturated carbocycles. The van der Waals surface area contributed by atoms with Crippen LogP contribution in [0.2, 0.25) is 0 Å².